The molecule has 33 heavy (non-hydrogen) atoms. The molecule has 1 aliphatic rings. The van der Waals surface area contributed by atoms with E-state index in [-0.39, 0.29) is 10.5 Å². The number of fused-ring (bicyclic) bond motifs is 1. The van der Waals surface area contributed by atoms with E-state index in [4.69, 9.17) is 4.74 Å². The third-order valence-electron chi connectivity index (χ3n) is 5.05. The number of nitrogens with one attached hydrogen (secondary N) is 2. The summed E-state index contributed by atoms with van der Waals surface area (Å²) in [7, 11) is -3.81. The molecule has 0 aliphatic heterocycles. The van der Waals surface area contributed by atoms with Crippen LogP contribution in [0.15, 0.2) is 59.5 Å². The molecule has 0 radical (unpaired) electrons. The van der Waals surface area contributed by atoms with Gasteiger partial charge < -0.3 is 10.1 Å². The van der Waals surface area contributed by atoms with Gasteiger partial charge in [0, 0.05) is 10.6 Å². The first-order valence-electron chi connectivity index (χ1n) is 10.1. The Morgan fingerprint density at radius 1 is 1.06 bits per heavy atom. The van der Waals surface area contributed by atoms with Crippen LogP contribution in [0.2, 0.25) is 0 Å². The molecule has 10 heteroatoms. The van der Waals surface area contributed by atoms with Crippen LogP contribution in [0.5, 0.6) is 0 Å². The van der Waals surface area contributed by atoms with Gasteiger partial charge in [0.15, 0.2) is 6.61 Å². The molecule has 1 amide bonds. The second-order valence-corrected chi connectivity index (χ2v) is 10.1. The molecule has 1 aliphatic carbocycles. The van der Waals surface area contributed by atoms with Crippen LogP contribution in [0.4, 0.5) is 10.7 Å². The highest BCUT2D eigenvalue weighted by Crippen LogP contribution is 2.38. The van der Waals surface area contributed by atoms with Crippen molar-refractivity contribution in [3.05, 3.63) is 76.2 Å². The molecule has 2 N–H and O–H groups in total. The molecule has 1 aromatic heterocycles. The summed E-state index contributed by atoms with van der Waals surface area (Å²) in [5.74, 6) is -1.31. The molecule has 0 fully saturated rings. The first-order valence-corrected chi connectivity index (χ1v) is 12.4. The van der Waals surface area contributed by atoms with E-state index >= 15 is 0 Å². The number of hydrogen-bond acceptors (Lipinski definition) is 7. The highest BCUT2D eigenvalue weighted by molar-refractivity contribution is 7.92. The number of ether oxygens (including phenoxy) is 1. The van der Waals surface area contributed by atoms with Crippen LogP contribution in [0.3, 0.4) is 0 Å². The molecule has 2 aromatic carbocycles. The number of carbonyl (C=O) groups is 2. The molecule has 8 nitrogen and oxygen atoms in total. The number of hydrogen-bond donors (Lipinski definition) is 2. The Morgan fingerprint density at radius 3 is 2.48 bits per heavy atom. The van der Waals surface area contributed by atoms with Crippen molar-refractivity contribution in [3.63, 3.8) is 0 Å². The number of sulfonamides is 1. The average Bonchev–Trinajstić information content (AvgIpc) is 3.38. The smallest absolute Gasteiger partial charge is 0.338 e. The Kier molecular flexibility index (Phi) is 6.44. The fraction of sp³-hybridized carbons (Fsp3) is 0.174. The fourth-order valence-electron chi connectivity index (χ4n) is 3.48. The number of esters is 1. The Morgan fingerprint density at radius 2 is 1.79 bits per heavy atom. The maximum absolute atomic E-state index is 12.5. The van der Waals surface area contributed by atoms with Crippen LogP contribution >= 0.6 is 11.3 Å². The van der Waals surface area contributed by atoms with Crippen molar-refractivity contribution >= 4 is 43.9 Å². The zero-order valence-corrected chi connectivity index (χ0v) is 19.0. The van der Waals surface area contributed by atoms with E-state index < -0.39 is 28.5 Å². The second-order valence-electron chi connectivity index (χ2n) is 7.29. The quantitative estimate of drug-likeness (QED) is 0.496. The van der Waals surface area contributed by atoms with Crippen molar-refractivity contribution in [3.8, 4) is 6.07 Å². The van der Waals surface area contributed by atoms with Gasteiger partial charge in [-0.05, 0) is 61.2 Å². The monoisotopic (exact) mass is 481 g/mol. The number of nitriles is 1. The Bertz CT molecular complexity index is 1340. The van der Waals surface area contributed by atoms with Gasteiger partial charge in [0.1, 0.15) is 11.1 Å². The van der Waals surface area contributed by atoms with Gasteiger partial charge >= 0.3 is 5.97 Å². The van der Waals surface area contributed by atoms with Crippen LogP contribution in [0.25, 0.3) is 0 Å². The van der Waals surface area contributed by atoms with E-state index in [2.05, 4.69) is 16.1 Å². The van der Waals surface area contributed by atoms with Crippen molar-refractivity contribution < 1.29 is 22.7 Å². The summed E-state index contributed by atoms with van der Waals surface area (Å²) < 4.78 is 32.4. The molecule has 1 heterocycles. The van der Waals surface area contributed by atoms with Gasteiger partial charge in [-0.3, -0.25) is 9.52 Å². The van der Waals surface area contributed by atoms with Gasteiger partial charge in [-0.2, -0.15) is 5.26 Å². The molecule has 0 saturated carbocycles. The van der Waals surface area contributed by atoms with E-state index in [1.165, 1.54) is 35.6 Å². The standard InChI is InChI=1S/C23H19N3O5S2/c24-13-19-18-7-4-8-20(18)32-22(19)25-21(27)14-31-23(28)15-9-11-17(12-10-15)33(29,30)26-16-5-2-1-3-6-16/h1-3,5-6,9-12,26H,4,7-8,14H2,(H,25,27). The Labute approximate surface area is 194 Å². The molecule has 168 valence electrons. The number of aryl methyl sites for hydroxylation is 1. The maximum Gasteiger partial charge on any atom is 0.338 e. The van der Waals surface area contributed by atoms with E-state index in [9.17, 15) is 23.3 Å². The lowest BCUT2D eigenvalue weighted by Crippen LogP contribution is -2.21. The van der Waals surface area contributed by atoms with Gasteiger partial charge in [-0.1, -0.05) is 18.2 Å². The first-order chi connectivity index (χ1) is 15.9. The van der Waals surface area contributed by atoms with Crippen LogP contribution in [0, 0.1) is 11.3 Å². The zero-order chi connectivity index (χ0) is 23.4. The Balaban J connectivity index is 1.34. The lowest BCUT2D eigenvalue weighted by molar-refractivity contribution is -0.119. The van der Waals surface area contributed by atoms with E-state index in [0.717, 1.165) is 29.7 Å². The summed E-state index contributed by atoms with van der Waals surface area (Å²) >= 11 is 1.38. The minimum absolute atomic E-state index is 0.0181. The van der Waals surface area contributed by atoms with Crippen LogP contribution in [-0.2, 0) is 32.4 Å². The number of thiophene rings is 1. The zero-order valence-electron chi connectivity index (χ0n) is 17.3. The highest BCUT2D eigenvalue weighted by atomic mass is 32.2. The summed E-state index contributed by atoms with van der Waals surface area (Å²) in [5.41, 5.74) is 2.00. The number of carbonyl (C=O) groups excluding carboxylic acids is 2. The van der Waals surface area contributed by atoms with Crippen molar-refractivity contribution in [2.45, 2.75) is 24.2 Å². The van der Waals surface area contributed by atoms with Crippen LogP contribution in [0.1, 0.15) is 32.8 Å². The minimum atomic E-state index is -3.81. The number of rotatable bonds is 7. The van der Waals surface area contributed by atoms with Crippen LogP contribution in [-0.4, -0.2) is 26.9 Å². The first kappa shape index (κ1) is 22.5. The average molecular weight is 482 g/mol. The second kappa shape index (κ2) is 9.44. The molecule has 0 atom stereocenters. The summed E-state index contributed by atoms with van der Waals surface area (Å²) in [6.45, 7) is -0.526. The number of nitrogens with zero attached hydrogens (tertiary/aromatic N) is 1. The summed E-state index contributed by atoms with van der Waals surface area (Å²) in [5, 5.41) is 12.5. The normalized spacial score (nSPS) is 12.5. The van der Waals surface area contributed by atoms with Crippen molar-refractivity contribution in [1.82, 2.24) is 0 Å². The van der Waals surface area contributed by atoms with Gasteiger partial charge in [-0.15, -0.1) is 11.3 Å². The fourth-order valence-corrected chi connectivity index (χ4v) is 5.79. The Hall–Kier alpha value is -3.68. The van der Waals surface area contributed by atoms with Crippen molar-refractivity contribution in [2.24, 2.45) is 0 Å². The number of benzene rings is 2. The van der Waals surface area contributed by atoms with Crippen molar-refractivity contribution in [1.29, 1.82) is 5.26 Å². The summed E-state index contributed by atoms with van der Waals surface area (Å²) in [6.07, 6.45) is 2.72. The SMILES string of the molecule is N#Cc1c(NC(=O)COC(=O)c2ccc(S(=O)(=O)Nc3ccccc3)cc2)sc2c1CCC2. The third-order valence-corrected chi connectivity index (χ3v) is 7.65. The lowest BCUT2D eigenvalue weighted by atomic mass is 10.1. The predicted octanol–water partition coefficient (Wildman–Crippen LogP) is 3.70. The third kappa shape index (κ3) is 5.05. The summed E-state index contributed by atoms with van der Waals surface area (Å²) in [6, 6.07) is 15.8. The minimum Gasteiger partial charge on any atom is -0.452 e. The van der Waals surface area contributed by atoms with Crippen LogP contribution < -0.4 is 10.0 Å². The van der Waals surface area contributed by atoms with Gasteiger partial charge in [0.05, 0.1) is 16.0 Å². The van der Waals surface area contributed by atoms with Crippen molar-refractivity contribution in [2.75, 3.05) is 16.6 Å². The van der Waals surface area contributed by atoms with Gasteiger partial charge in [-0.25, -0.2) is 13.2 Å². The molecule has 0 saturated heterocycles. The molecule has 0 spiro atoms. The van der Waals surface area contributed by atoms with Gasteiger partial charge in [0.2, 0.25) is 0 Å². The largest absolute Gasteiger partial charge is 0.452 e. The molecule has 0 unspecified atom stereocenters. The van der Waals surface area contributed by atoms with E-state index in [1.807, 2.05) is 0 Å². The number of amides is 1. The number of para-hydroxylation sites is 1. The maximum atomic E-state index is 12.5. The van der Waals surface area contributed by atoms with Gasteiger partial charge in [0.25, 0.3) is 15.9 Å². The molecular weight excluding hydrogens is 462 g/mol. The topological polar surface area (TPSA) is 125 Å². The predicted molar refractivity (Wildman–Crippen MR) is 124 cm³/mol. The number of anilines is 2. The molecule has 4 rings (SSSR count). The van der Waals surface area contributed by atoms with E-state index in [1.54, 1.807) is 30.3 Å². The highest BCUT2D eigenvalue weighted by Gasteiger charge is 2.23. The molecule has 0 bridgehead atoms. The lowest BCUT2D eigenvalue weighted by Gasteiger charge is -2.09. The molecule has 3 aromatic rings. The molecular formula is C23H19N3O5S2. The van der Waals surface area contributed by atoms with E-state index in [0.29, 0.717) is 16.3 Å². The summed E-state index contributed by atoms with van der Waals surface area (Å²) in [4.78, 5) is 25.6.